The van der Waals surface area contributed by atoms with Gasteiger partial charge in [-0.25, -0.2) is 13.4 Å². The number of nitrogens with zero attached hydrogens (tertiary/aromatic N) is 2. The van der Waals surface area contributed by atoms with Crippen LogP contribution in [0.1, 0.15) is 32.8 Å². The number of fused-ring (bicyclic) bond motifs is 1. The summed E-state index contributed by atoms with van der Waals surface area (Å²) in [7, 11) is 3.22. The van der Waals surface area contributed by atoms with Crippen LogP contribution >= 0.6 is 12.1 Å². The molecular weight excluding hydrogens is 396 g/mol. The average molecular weight is 427 g/mol. The number of ether oxygens (including phenoxy) is 4. The molecule has 2 rings (SSSR count). The van der Waals surface area contributed by atoms with Gasteiger partial charge in [0.05, 0.1) is 19.6 Å². The highest BCUT2D eigenvalue weighted by atomic mass is 32.2. The number of carbonyl (C=O) groups excluding carboxylic acids is 2. The molecule has 0 saturated carbocycles. The number of hydrogen-bond donors (Lipinski definition) is 0. The van der Waals surface area contributed by atoms with E-state index in [1.807, 2.05) is 30.3 Å². The summed E-state index contributed by atoms with van der Waals surface area (Å²) >= 11 is 1.17. The minimum absolute atomic E-state index is 0.225. The van der Waals surface area contributed by atoms with E-state index in [1.54, 1.807) is 27.1 Å². The molecule has 0 aliphatic carbocycles. The van der Waals surface area contributed by atoms with Gasteiger partial charge in [0.2, 0.25) is 0 Å². The van der Waals surface area contributed by atoms with Crippen molar-refractivity contribution in [3.63, 3.8) is 0 Å². The van der Waals surface area contributed by atoms with Gasteiger partial charge in [-0.2, -0.15) is 0 Å². The molecule has 1 amide bonds. The maximum absolute atomic E-state index is 12.6. The molecule has 0 bridgehead atoms. The number of rotatable bonds is 10. The Kier molecular flexibility index (Phi) is 8.60. The first-order chi connectivity index (χ1) is 13.8. The van der Waals surface area contributed by atoms with E-state index in [0.717, 1.165) is 12.0 Å². The largest absolute Gasteiger partial charge is 0.483 e. The summed E-state index contributed by atoms with van der Waals surface area (Å²) in [5, 5.41) is 0. The molecule has 8 nitrogen and oxygen atoms in total. The van der Waals surface area contributed by atoms with E-state index in [2.05, 4.69) is 0 Å². The first-order valence-corrected chi connectivity index (χ1v) is 10.3. The highest BCUT2D eigenvalue weighted by Crippen LogP contribution is 2.42. The summed E-state index contributed by atoms with van der Waals surface area (Å²) < 4.78 is 24.8. The summed E-state index contributed by atoms with van der Waals surface area (Å²) in [6, 6.07) is 5.55. The van der Waals surface area contributed by atoms with Crippen molar-refractivity contribution in [1.82, 2.24) is 8.61 Å². The number of carbonyl (C=O) groups is 2. The molecular formula is C20H30N2O6S. The van der Waals surface area contributed by atoms with Crippen molar-refractivity contribution in [1.29, 1.82) is 0 Å². The Morgan fingerprint density at radius 1 is 1.28 bits per heavy atom. The van der Waals surface area contributed by atoms with E-state index in [0.29, 0.717) is 37.8 Å². The van der Waals surface area contributed by atoms with Crippen LogP contribution in [0.4, 0.5) is 4.79 Å². The summed E-state index contributed by atoms with van der Waals surface area (Å²) in [6.07, 6.45) is 0.453. The second kappa shape index (κ2) is 10.7. The molecule has 0 spiro atoms. The van der Waals surface area contributed by atoms with E-state index in [9.17, 15) is 9.59 Å². The number of esters is 1. The smallest absolute Gasteiger partial charge is 0.426 e. The zero-order valence-electron chi connectivity index (χ0n) is 17.7. The van der Waals surface area contributed by atoms with Gasteiger partial charge in [-0.3, -0.25) is 4.79 Å². The summed E-state index contributed by atoms with van der Waals surface area (Å²) in [5.41, 5.74) is 0.696. The predicted octanol–water partition coefficient (Wildman–Crippen LogP) is 3.30. The Hall–Kier alpha value is -1.97. The Morgan fingerprint density at radius 2 is 2.03 bits per heavy atom. The van der Waals surface area contributed by atoms with Crippen molar-refractivity contribution in [3.05, 3.63) is 23.8 Å². The van der Waals surface area contributed by atoms with Gasteiger partial charge in [-0.05, 0) is 26.8 Å². The molecule has 9 heteroatoms. The van der Waals surface area contributed by atoms with Crippen LogP contribution in [-0.2, 0) is 20.7 Å². The maximum atomic E-state index is 12.6. The number of methoxy groups -OCH3 is 1. The lowest BCUT2D eigenvalue weighted by Crippen LogP contribution is -2.32. The molecule has 0 saturated heterocycles. The Balaban J connectivity index is 1.96. The topological polar surface area (TPSA) is 77.5 Å². The molecule has 29 heavy (non-hydrogen) atoms. The number of hydrogen-bond acceptors (Lipinski definition) is 8. The third-order valence-corrected chi connectivity index (χ3v) is 5.15. The van der Waals surface area contributed by atoms with Crippen molar-refractivity contribution < 1.29 is 28.5 Å². The van der Waals surface area contributed by atoms with Crippen molar-refractivity contribution in [2.45, 2.75) is 39.2 Å². The fourth-order valence-electron chi connectivity index (χ4n) is 2.87. The normalized spacial score (nSPS) is 14.3. The summed E-state index contributed by atoms with van der Waals surface area (Å²) in [4.78, 5) is 24.2. The Labute approximate surface area is 176 Å². The molecule has 0 unspecified atom stereocenters. The maximum Gasteiger partial charge on any atom is 0.426 e. The predicted molar refractivity (Wildman–Crippen MR) is 111 cm³/mol. The van der Waals surface area contributed by atoms with Crippen molar-refractivity contribution >= 4 is 24.2 Å². The molecule has 0 N–H and O–H groups in total. The molecule has 1 aromatic rings. The van der Waals surface area contributed by atoms with E-state index < -0.39 is 6.09 Å². The number of benzene rings is 1. The van der Waals surface area contributed by atoms with Gasteiger partial charge in [0.25, 0.3) is 0 Å². The summed E-state index contributed by atoms with van der Waals surface area (Å²) in [6.45, 7) is 7.53. The van der Waals surface area contributed by atoms with Gasteiger partial charge in [0, 0.05) is 51.4 Å². The minimum atomic E-state index is -0.532. The number of para-hydroxylation sites is 1. The van der Waals surface area contributed by atoms with Gasteiger partial charge >= 0.3 is 12.1 Å². The molecule has 0 radical (unpaired) electrons. The highest BCUT2D eigenvalue weighted by molar-refractivity contribution is 7.95. The lowest BCUT2D eigenvalue weighted by atomic mass is 10.0. The van der Waals surface area contributed by atoms with Gasteiger partial charge in [0.15, 0.2) is 11.5 Å². The van der Waals surface area contributed by atoms with E-state index >= 15 is 0 Å². The third kappa shape index (κ3) is 7.09. The van der Waals surface area contributed by atoms with E-state index in [-0.39, 0.29) is 18.0 Å². The van der Waals surface area contributed by atoms with Crippen molar-refractivity contribution in [2.24, 2.45) is 0 Å². The number of amides is 1. The fourth-order valence-corrected chi connectivity index (χ4v) is 3.65. The van der Waals surface area contributed by atoms with Gasteiger partial charge in [-0.15, -0.1) is 0 Å². The lowest BCUT2D eigenvalue weighted by molar-refractivity contribution is -0.143. The molecule has 162 valence electrons. The average Bonchev–Trinajstić information content (AvgIpc) is 2.99. The minimum Gasteiger partial charge on any atom is -0.483 e. The zero-order valence-corrected chi connectivity index (χ0v) is 18.5. The lowest BCUT2D eigenvalue weighted by Gasteiger charge is -2.25. The SMILES string of the molecule is CCOC(=O)CCN(CCOC)SN(C)C(=O)Oc1cccc2c1OC(C)(C)C2. The van der Waals surface area contributed by atoms with Gasteiger partial charge in [-0.1, -0.05) is 12.1 Å². The quantitative estimate of drug-likeness (QED) is 0.417. The molecule has 0 fully saturated rings. The van der Waals surface area contributed by atoms with E-state index in [1.165, 1.54) is 16.4 Å². The van der Waals surface area contributed by atoms with Crippen LogP contribution in [0.3, 0.4) is 0 Å². The Bertz CT molecular complexity index is 712. The third-order valence-electron chi connectivity index (χ3n) is 4.16. The van der Waals surface area contributed by atoms with Crippen LogP contribution in [0.25, 0.3) is 0 Å². The molecule has 1 aliphatic rings. The first kappa shape index (κ1) is 23.3. The molecule has 0 atom stereocenters. The second-order valence-corrected chi connectivity index (χ2v) is 8.43. The van der Waals surface area contributed by atoms with Gasteiger partial charge < -0.3 is 18.9 Å². The monoisotopic (exact) mass is 426 g/mol. The standard InChI is InChI=1S/C20H30N2O6S/c1-6-26-17(23)10-11-22(12-13-25-5)29-21(4)19(24)27-16-9-7-8-15-14-20(2,3)28-18(15)16/h7-9H,6,10-14H2,1-5H3. The molecule has 0 aromatic heterocycles. The summed E-state index contributed by atoms with van der Waals surface area (Å²) in [5.74, 6) is 0.739. The van der Waals surface area contributed by atoms with Crippen LogP contribution in [0, 0.1) is 0 Å². The molecule has 1 aromatic carbocycles. The van der Waals surface area contributed by atoms with Crippen LogP contribution in [0.15, 0.2) is 18.2 Å². The molecule has 1 aliphatic heterocycles. The Morgan fingerprint density at radius 3 is 2.72 bits per heavy atom. The second-order valence-electron chi connectivity index (χ2n) is 7.21. The molecule has 1 heterocycles. The van der Waals surface area contributed by atoms with Crippen LogP contribution in [-0.4, -0.2) is 66.7 Å². The van der Waals surface area contributed by atoms with Crippen LogP contribution in [0.5, 0.6) is 11.5 Å². The highest BCUT2D eigenvalue weighted by Gasteiger charge is 2.33. The van der Waals surface area contributed by atoms with Gasteiger partial charge in [0.1, 0.15) is 5.60 Å². The van der Waals surface area contributed by atoms with E-state index in [4.69, 9.17) is 18.9 Å². The van der Waals surface area contributed by atoms with Crippen LogP contribution < -0.4 is 9.47 Å². The first-order valence-electron chi connectivity index (χ1n) is 9.59. The fraction of sp³-hybridized carbons (Fsp3) is 0.600. The van der Waals surface area contributed by atoms with Crippen molar-refractivity contribution in [3.8, 4) is 11.5 Å². The van der Waals surface area contributed by atoms with Crippen LogP contribution in [0.2, 0.25) is 0 Å². The van der Waals surface area contributed by atoms with Crippen molar-refractivity contribution in [2.75, 3.05) is 40.5 Å². The zero-order chi connectivity index (χ0) is 21.4.